The number of hydrogen-bond acceptors (Lipinski definition) is 6. The monoisotopic (exact) mass is 424 g/mol. The van der Waals surface area contributed by atoms with E-state index in [2.05, 4.69) is 27.5 Å². The van der Waals surface area contributed by atoms with Gasteiger partial charge in [0, 0.05) is 31.3 Å². The fourth-order valence-electron chi connectivity index (χ4n) is 3.49. The zero-order chi connectivity index (χ0) is 21.7. The number of likely N-dealkylation sites (tertiary alicyclic amines) is 1. The Morgan fingerprint density at radius 1 is 1.23 bits per heavy atom. The Balaban J connectivity index is 1.80. The van der Waals surface area contributed by atoms with Gasteiger partial charge in [0.05, 0.1) is 17.0 Å². The van der Waals surface area contributed by atoms with Crippen LogP contribution in [0.25, 0.3) is 11.3 Å². The predicted octanol–water partition coefficient (Wildman–Crippen LogP) is 3.64. The second kappa shape index (κ2) is 9.72. The molecule has 0 bridgehead atoms. The number of aryl methyl sites for hydroxylation is 1. The lowest BCUT2D eigenvalue weighted by Gasteiger charge is -2.17. The fourth-order valence-corrected chi connectivity index (χ4v) is 3.49. The summed E-state index contributed by atoms with van der Waals surface area (Å²) in [6.45, 7) is 6.29. The molecule has 1 atom stereocenters. The molecule has 0 saturated carbocycles. The molecule has 1 aliphatic rings. The van der Waals surface area contributed by atoms with Crippen LogP contribution in [0.15, 0.2) is 24.3 Å². The van der Waals surface area contributed by atoms with Gasteiger partial charge in [0.2, 0.25) is 0 Å². The van der Waals surface area contributed by atoms with Gasteiger partial charge in [0.15, 0.2) is 6.79 Å². The number of hydrogen-bond donors (Lipinski definition) is 1. The van der Waals surface area contributed by atoms with Crippen molar-refractivity contribution in [3.05, 3.63) is 41.1 Å². The third-order valence-corrected chi connectivity index (χ3v) is 5.07. The SMILES string of the molecule is CCOCOc1cc(C(F)(F)F)cc(C)c1-c1ccc(CNC2CCN(C)C2)nn1. The minimum Gasteiger partial charge on any atom is -0.467 e. The van der Waals surface area contributed by atoms with Gasteiger partial charge in [-0.15, -0.1) is 0 Å². The van der Waals surface area contributed by atoms with Gasteiger partial charge < -0.3 is 19.7 Å². The van der Waals surface area contributed by atoms with E-state index in [0.29, 0.717) is 36.0 Å². The minimum atomic E-state index is -4.47. The van der Waals surface area contributed by atoms with Crippen molar-refractivity contribution in [2.75, 3.05) is 33.5 Å². The number of nitrogens with zero attached hydrogens (tertiary/aromatic N) is 3. The van der Waals surface area contributed by atoms with Crippen LogP contribution < -0.4 is 10.1 Å². The van der Waals surface area contributed by atoms with Crippen LogP contribution in [0.5, 0.6) is 5.75 Å². The summed E-state index contributed by atoms with van der Waals surface area (Å²) in [7, 11) is 2.09. The lowest BCUT2D eigenvalue weighted by molar-refractivity contribution is -0.137. The van der Waals surface area contributed by atoms with E-state index in [4.69, 9.17) is 9.47 Å². The molecule has 9 heteroatoms. The van der Waals surface area contributed by atoms with Gasteiger partial charge >= 0.3 is 6.18 Å². The molecule has 1 N–H and O–H groups in total. The molecule has 0 spiro atoms. The molecule has 1 aromatic heterocycles. The van der Waals surface area contributed by atoms with Crippen molar-refractivity contribution in [2.24, 2.45) is 0 Å². The molecular weight excluding hydrogens is 397 g/mol. The quantitative estimate of drug-likeness (QED) is 0.516. The van der Waals surface area contributed by atoms with E-state index >= 15 is 0 Å². The molecule has 1 aliphatic heterocycles. The highest BCUT2D eigenvalue weighted by atomic mass is 19.4. The summed E-state index contributed by atoms with van der Waals surface area (Å²) in [4.78, 5) is 2.27. The smallest absolute Gasteiger partial charge is 0.416 e. The number of likely N-dealkylation sites (N-methyl/N-ethyl adjacent to an activating group) is 1. The maximum Gasteiger partial charge on any atom is 0.416 e. The second-order valence-electron chi connectivity index (χ2n) is 7.46. The molecule has 1 fully saturated rings. The van der Waals surface area contributed by atoms with Crippen molar-refractivity contribution in [1.29, 1.82) is 0 Å². The highest BCUT2D eigenvalue weighted by molar-refractivity contribution is 5.71. The highest BCUT2D eigenvalue weighted by Crippen LogP contribution is 2.39. The van der Waals surface area contributed by atoms with Crippen LogP contribution in [-0.2, 0) is 17.5 Å². The molecule has 0 amide bonds. The molecule has 0 aliphatic carbocycles. The fraction of sp³-hybridized carbons (Fsp3) is 0.524. The van der Waals surface area contributed by atoms with Crippen LogP contribution in [0.3, 0.4) is 0 Å². The average molecular weight is 424 g/mol. The first-order valence-corrected chi connectivity index (χ1v) is 9.95. The highest BCUT2D eigenvalue weighted by Gasteiger charge is 2.32. The Morgan fingerprint density at radius 3 is 2.63 bits per heavy atom. The molecule has 1 aromatic carbocycles. The molecule has 164 valence electrons. The van der Waals surface area contributed by atoms with Gasteiger partial charge in [0.1, 0.15) is 5.75 Å². The Labute approximate surface area is 174 Å². The zero-order valence-electron chi connectivity index (χ0n) is 17.4. The molecule has 6 nitrogen and oxygen atoms in total. The van der Waals surface area contributed by atoms with Crippen molar-refractivity contribution in [1.82, 2.24) is 20.4 Å². The predicted molar refractivity (Wildman–Crippen MR) is 107 cm³/mol. The molecule has 2 heterocycles. The van der Waals surface area contributed by atoms with Gasteiger partial charge in [-0.3, -0.25) is 0 Å². The normalized spacial score (nSPS) is 17.5. The minimum absolute atomic E-state index is 0.0740. The summed E-state index contributed by atoms with van der Waals surface area (Å²) < 4.78 is 50.4. The third kappa shape index (κ3) is 5.68. The van der Waals surface area contributed by atoms with E-state index in [9.17, 15) is 13.2 Å². The lowest BCUT2D eigenvalue weighted by atomic mass is 10.0. The van der Waals surface area contributed by atoms with Gasteiger partial charge in [-0.1, -0.05) is 0 Å². The van der Waals surface area contributed by atoms with Crippen LogP contribution in [0.4, 0.5) is 13.2 Å². The van der Waals surface area contributed by atoms with Gasteiger partial charge in [-0.25, -0.2) is 0 Å². The maximum atomic E-state index is 13.2. The van der Waals surface area contributed by atoms with Crippen molar-refractivity contribution < 1.29 is 22.6 Å². The number of ether oxygens (including phenoxy) is 2. The topological polar surface area (TPSA) is 59.5 Å². The first-order valence-electron chi connectivity index (χ1n) is 9.95. The maximum absolute atomic E-state index is 13.2. The van der Waals surface area contributed by atoms with E-state index < -0.39 is 11.7 Å². The number of rotatable bonds is 8. The number of nitrogens with one attached hydrogen (secondary N) is 1. The number of alkyl halides is 3. The van der Waals surface area contributed by atoms with Crippen molar-refractivity contribution in [3.63, 3.8) is 0 Å². The largest absolute Gasteiger partial charge is 0.467 e. The Bertz CT molecular complexity index is 843. The van der Waals surface area contributed by atoms with E-state index in [0.717, 1.165) is 37.3 Å². The number of aromatic nitrogens is 2. The van der Waals surface area contributed by atoms with E-state index in [1.807, 2.05) is 6.07 Å². The number of benzene rings is 1. The summed E-state index contributed by atoms with van der Waals surface area (Å²) in [5.41, 5.74) is 1.34. The van der Waals surface area contributed by atoms with Crippen LogP contribution in [0, 0.1) is 6.92 Å². The van der Waals surface area contributed by atoms with Crippen LogP contribution in [0.1, 0.15) is 30.2 Å². The zero-order valence-corrected chi connectivity index (χ0v) is 17.4. The van der Waals surface area contributed by atoms with Crippen molar-refractivity contribution >= 4 is 0 Å². The summed E-state index contributed by atoms with van der Waals surface area (Å²) in [6, 6.07) is 6.09. The first-order chi connectivity index (χ1) is 14.3. The average Bonchev–Trinajstić information content (AvgIpc) is 3.11. The summed E-state index contributed by atoms with van der Waals surface area (Å²) in [5, 5.41) is 12.0. The van der Waals surface area contributed by atoms with Crippen molar-refractivity contribution in [2.45, 2.75) is 39.0 Å². The second-order valence-corrected chi connectivity index (χ2v) is 7.46. The van der Waals surface area contributed by atoms with Gasteiger partial charge in [-0.05, 0) is 63.7 Å². The third-order valence-electron chi connectivity index (χ3n) is 5.07. The van der Waals surface area contributed by atoms with E-state index in [1.54, 1.807) is 19.9 Å². The van der Waals surface area contributed by atoms with Gasteiger partial charge in [-0.2, -0.15) is 23.4 Å². The Hall–Kier alpha value is -2.23. The Morgan fingerprint density at radius 2 is 2.03 bits per heavy atom. The lowest BCUT2D eigenvalue weighted by Crippen LogP contribution is -2.31. The van der Waals surface area contributed by atoms with Gasteiger partial charge in [0.25, 0.3) is 0 Å². The molecule has 0 radical (unpaired) electrons. The van der Waals surface area contributed by atoms with E-state index in [-0.39, 0.29) is 12.5 Å². The summed E-state index contributed by atoms with van der Waals surface area (Å²) in [5.74, 6) is 0.0740. The summed E-state index contributed by atoms with van der Waals surface area (Å²) >= 11 is 0. The molecule has 30 heavy (non-hydrogen) atoms. The van der Waals surface area contributed by atoms with Crippen LogP contribution in [-0.4, -0.2) is 54.7 Å². The molecule has 3 rings (SSSR count). The molecule has 2 aromatic rings. The van der Waals surface area contributed by atoms with Crippen molar-refractivity contribution in [3.8, 4) is 17.0 Å². The standard InChI is InChI=1S/C21H27F3N4O2/c1-4-29-13-30-19-10-15(21(22,23)24)9-14(2)20(19)18-6-5-16(26-27-18)11-25-17-7-8-28(3)12-17/h5-6,9-10,17,25H,4,7-8,11-13H2,1-3H3. The Kier molecular flexibility index (Phi) is 7.27. The number of halogens is 3. The summed E-state index contributed by atoms with van der Waals surface area (Å²) in [6.07, 6.45) is -3.38. The van der Waals surface area contributed by atoms with Crippen LogP contribution >= 0.6 is 0 Å². The van der Waals surface area contributed by atoms with E-state index in [1.165, 1.54) is 0 Å². The van der Waals surface area contributed by atoms with Crippen LogP contribution in [0.2, 0.25) is 0 Å². The molecular formula is C21H27F3N4O2. The molecule has 1 saturated heterocycles. The first kappa shape index (κ1) is 22.5. The molecule has 1 unspecified atom stereocenters.